The smallest absolute Gasteiger partial charge is 0.307 e. The van der Waals surface area contributed by atoms with E-state index >= 15 is 0 Å². The Bertz CT molecular complexity index is 947. The third kappa shape index (κ3) is 5.97. The quantitative estimate of drug-likeness (QED) is 0.317. The summed E-state index contributed by atoms with van der Waals surface area (Å²) < 4.78 is 7.66. The summed E-state index contributed by atoms with van der Waals surface area (Å²) in [7, 11) is 0. The molecule has 0 fully saturated rings. The van der Waals surface area contributed by atoms with Crippen molar-refractivity contribution in [3.8, 4) is 11.4 Å². The molecule has 29 heavy (non-hydrogen) atoms. The molecule has 1 N–H and O–H groups in total. The van der Waals surface area contributed by atoms with E-state index in [-0.39, 0.29) is 6.42 Å². The van der Waals surface area contributed by atoms with Crippen molar-refractivity contribution in [1.29, 1.82) is 0 Å². The van der Waals surface area contributed by atoms with E-state index in [0.717, 1.165) is 23.4 Å². The molecular formula is C23H24N2O4. The average molecular weight is 392 g/mol. The van der Waals surface area contributed by atoms with Crippen LogP contribution in [0.1, 0.15) is 24.5 Å². The van der Waals surface area contributed by atoms with Crippen molar-refractivity contribution < 1.29 is 19.5 Å². The molecule has 0 radical (unpaired) electrons. The Morgan fingerprint density at radius 2 is 1.79 bits per heavy atom. The van der Waals surface area contributed by atoms with E-state index in [0.29, 0.717) is 24.5 Å². The first-order valence-corrected chi connectivity index (χ1v) is 9.52. The number of rotatable bonds is 10. The van der Waals surface area contributed by atoms with Gasteiger partial charge in [-0.05, 0) is 53.9 Å². The van der Waals surface area contributed by atoms with E-state index in [1.54, 1.807) is 24.3 Å². The molecule has 0 atom stereocenters. The lowest BCUT2D eigenvalue weighted by Gasteiger charge is -2.09. The molecule has 0 unspecified atom stereocenters. The van der Waals surface area contributed by atoms with Gasteiger partial charge >= 0.3 is 5.97 Å². The van der Waals surface area contributed by atoms with Gasteiger partial charge in [0.1, 0.15) is 12.4 Å². The first-order chi connectivity index (χ1) is 14.2. The molecule has 0 saturated carbocycles. The summed E-state index contributed by atoms with van der Waals surface area (Å²) in [5.41, 5.74) is 3.68. The second-order valence-electron chi connectivity index (χ2n) is 6.43. The number of oxime groups is 1. The molecule has 0 aliphatic carbocycles. The van der Waals surface area contributed by atoms with Crippen LogP contribution in [0.25, 0.3) is 5.69 Å². The zero-order valence-corrected chi connectivity index (χ0v) is 16.3. The van der Waals surface area contributed by atoms with Crippen molar-refractivity contribution >= 4 is 11.7 Å². The Balaban J connectivity index is 1.50. The molecule has 6 heteroatoms. The fraction of sp³-hybridized carbons (Fsp3) is 0.217. The largest absolute Gasteiger partial charge is 0.490 e. The van der Waals surface area contributed by atoms with Crippen molar-refractivity contribution in [1.82, 2.24) is 4.57 Å². The van der Waals surface area contributed by atoms with Gasteiger partial charge < -0.3 is 19.2 Å². The van der Waals surface area contributed by atoms with Gasteiger partial charge in [0.05, 0.1) is 12.1 Å². The first-order valence-electron chi connectivity index (χ1n) is 9.52. The van der Waals surface area contributed by atoms with Crippen LogP contribution in [0.5, 0.6) is 5.75 Å². The number of benzene rings is 2. The van der Waals surface area contributed by atoms with E-state index in [1.165, 1.54) is 0 Å². The lowest BCUT2D eigenvalue weighted by molar-refractivity contribution is -0.136. The maximum absolute atomic E-state index is 10.8. The highest BCUT2D eigenvalue weighted by atomic mass is 16.6. The van der Waals surface area contributed by atoms with Crippen LogP contribution >= 0.6 is 0 Å². The molecular weight excluding hydrogens is 368 g/mol. The van der Waals surface area contributed by atoms with E-state index in [2.05, 4.69) is 5.16 Å². The minimum atomic E-state index is -0.867. The third-order valence-corrected chi connectivity index (χ3v) is 4.31. The van der Waals surface area contributed by atoms with Crippen molar-refractivity contribution in [3.63, 3.8) is 0 Å². The number of carboxylic acid groups (broad SMARTS) is 1. The number of aromatic nitrogens is 1. The summed E-state index contributed by atoms with van der Waals surface area (Å²) >= 11 is 0. The van der Waals surface area contributed by atoms with Crippen LogP contribution in [0.2, 0.25) is 0 Å². The molecule has 0 amide bonds. The summed E-state index contributed by atoms with van der Waals surface area (Å²) in [5.74, 6) is -0.249. The summed E-state index contributed by atoms with van der Waals surface area (Å²) in [5, 5.41) is 13.1. The van der Waals surface area contributed by atoms with Crippen LogP contribution in [-0.2, 0) is 16.1 Å². The number of aliphatic carboxylic acids is 1. The Hall–Kier alpha value is -3.54. The summed E-state index contributed by atoms with van der Waals surface area (Å²) in [6.07, 6.45) is 4.73. The highest BCUT2D eigenvalue weighted by Crippen LogP contribution is 2.14. The Morgan fingerprint density at radius 3 is 2.48 bits per heavy atom. The van der Waals surface area contributed by atoms with Crippen molar-refractivity contribution in [3.05, 3.63) is 84.2 Å². The van der Waals surface area contributed by atoms with E-state index < -0.39 is 5.97 Å². The van der Waals surface area contributed by atoms with Crippen LogP contribution in [0.15, 0.2) is 78.2 Å². The van der Waals surface area contributed by atoms with Gasteiger partial charge in [-0.15, -0.1) is 0 Å². The van der Waals surface area contributed by atoms with Crippen LogP contribution in [0.4, 0.5) is 0 Å². The maximum Gasteiger partial charge on any atom is 0.307 e. The van der Waals surface area contributed by atoms with Crippen LogP contribution < -0.4 is 4.74 Å². The number of carbonyl (C=O) groups is 1. The average Bonchev–Trinajstić information content (AvgIpc) is 3.26. The zero-order valence-electron chi connectivity index (χ0n) is 16.3. The van der Waals surface area contributed by atoms with Gasteiger partial charge in [0.25, 0.3) is 0 Å². The maximum atomic E-state index is 10.8. The fourth-order valence-corrected chi connectivity index (χ4v) is 2.89. The van der Waals surface area contributed by atoms with Gasteiger partial charge in [-0.25, -0.2) is 0 Å². The molecule has 2 aromatic carbocycles. The predicted molar refractivity (Wildman–Crippen MR) is 112 cm³/mol. The summed E-state index contributed by atoms with van der Waals surface area (Å²) in [4.78, 5) is 16.2. The molecule has 150 valence electrons. The van der Waals surface area contributed by atoms with Crippen molar-refractivity contribution in [2.75, 3.05) is 13.2 Å². The lowest BCUT2D eigenvalue weighted by atomic mass is 10.1. The SMILES string of the molecule is CC/C(=N\OCCOc1cccc(CC(=O)O)c1)c1ccc(-n2cccc2)cc1. The number of hydrogen-bond donors (Lipinski definition) is 1. The molecule has 3 aromatic rings. The molecule has 3 rings (SSSR count). The minimum Gasteiger partial charge on any atom is -0.490 e. The van der Waals surface area contributed by atoms with Gasteiger partial charge in [0.15, 0.2) is 6.61 Å². The monoisotopic (exact) mass is 392 g/mol. The van der Waals surface area contributed by atoms with E-state index in [9.17, 15) is 4.79 Å². The minimum absolute atomic E-state index is 0.0268. The topological polar surface area (TPSA) is 73.1 Å². The van der Waals surface area contributed by atoms with Gasteiger partial charge in [0, 0.05) is 18.1 Å². The molecule has 0 aliphatic heterocycles. The number of carboxylic acids is 1. The highest BCUT2D eigenvalue weighted by molar-refractivity contribution is 6.00. The van der Waals surface area contributed by atoms with Crippen LogP contribution in [0, 0.1) is 0 Å². The third-order valence-electron chi connectivity index (χ3n) is 4.31. The second-order valence-corrected chi connectivity index (χ2v) is 6.43. The molecule has 1 aromatic heterocycles. The highest BCUT2D eigenvalue weighted by Gasteiger charge is 2.04. The van der Waals surface area contributed by atoms with Crippen LogP contribution in [-0.4, -0.2) is 34.6 Å². The molecule has 1 heterocycles. The number of hydrogen-bond acceptors (Lipinski definition) is 4. The molecule has 6 nitrogen and oxygen atoms in total. The second kappa shape index (κ2) is 10.1. The zero-order chi connectivity index (χ0) is 20.5. The number of ether oxygens (including phenoxy) is 1. The first kappa shape index (κ1) is 20.2. The summed E-state index contributed by atoms with van der Waals surface area (Å²) in [6, 6.07) is 19.2. The fourth-order valence-electron chi connectivity index (χ4n) is 2.89. The van der Waals surface area contributed by atoms with Crippen LogP contribution in [0.3, 0.4) is 0 Å². The van der Waals surface area contributed by atoms with Gasteiger partial charge in [0.2, 0.25) is 0 Å². The van der Waals surface area contributed by atoms with Crippen molar-refractivity contribution in [2.24, 2.45) is 5.16 Å². The van der Waals surface area contributed by atoms with E-state index in [4.69, 9.17) is 14.7 Å². The number of nitrogens with zero attached hydrogens (tertiary/aromatic N) is 2. The lowest BCUT2D eigenvalue weighted by Crippen LogP contribution is -2.07. The normalized spacial score (nSPS) is 11.3. The van der Waals surface area contributed by atoms with Crippen molar-refractivity contribution in [2.45, 2.75) is 19.8 Å². The molecule has 0 spiro atoms. The Kier molecular flexibility index (Phi) is 7.05. The Labute approximate surface area is 170 Å². The van der Waals surface area contributed by atoms with E-state index in [1.807, 2.05) is 60.3 Å². The standard InChI is InChI=1S/C23H24N2O4/c1-2-22(19-8-10-20(11-9-19)25-12-3-4-13-25)24-29-15-14-28-21-7-5-6-18(16-21)17-23(26)27/h3-13,16H,2,14-15,17H2,1H3,(H,26,27)/b24-22+. The molecule has 0 bridgehead atoms. The van der Waals surface area contributed by atoms with Gasteiger partial charge in [-0.3, -0.25) is 4.79 Å². The van der Waals surface area contributed by atoms with Gasteiger partial charge in [-0.1, -0.05) is 36.3 Å². The Morgan fingerprint density at radius 1 is 1.03 bits per heavy atom. The predicted octanol–water partition coefficient (Wildman–Crippen LogP) is 4.31. The summed E-state index contributed by atoms with van der Waals surface area (Å²) in [6.45, 7) is 2.66. The van der Waals surface area contributed by atoms with Gasteiger partial charge in [-0.2, -0.15) is 0 Å². The molecule has 0 saturated heterocycles. The molecule has 0 aliphatic rings.